The summed E-state index contributed by atoms with van der Waals surface area (Å²) < 4.78 is 6.21. The zero-order valence-corrected chi connectivity index (χ0v) is 11.8. The van der Waals surface area contributed by atoms with Gasteiger partial charge in [0.05, 0.1) is 6.10 Å². The summed E-state index contributed by atoms with van der Waals surface area (Å²) >= 11 is 0. The highest BCUT2D eigenvalue weighted by molar-refractivity contribution is 5.21. The summed E-state index contributed by atoms with van der Waals surface area (Å²) in [4.78, 5) is 5.85. The summed E-state index contributed by atoms with van der Waals surface area (Å²) in [7, 11) is 0. The van der Waals surface area contributed by atoms with Gasteiger partial charge in [-0.25, -0.2) is 0 Å². The van der Waals surface area contributed by atoms with Crippen LogP contribution in [0.2, 0.25) is 0 Å². The minimum Gasteiger partial charge on any atom is -0.490 e. The fourth-order valence-corrected chi connectivity index (χ4v) is 3.36. The van der Waals surface area contributed by atoms with Gasteiger partial charge in [-0.15, -0.1) is 0 Å². The van der Waals surface area contributed by atoms with E-state index in [0.717, 1.165) is 18.8 Å². The lowest BCUT2D eigenvalue weighted by molar-refractivity contribution is -0.217. The van der Waals surface area contributed by atoms with Gasteiger partial charge in [-0.3, -0.25) is 4.84 Å². The fourth-order valence-electron chi connectivity index (χ4n) is 3.36. The van der Waals surface area contributed by atoms with Crippen molar-refractivity contribution >= 4 is 0 Å². The number of hydrogen-bond donors (Lipinski definition) is 0. The average molecular weight is 261 g/mol. The topological polar surface area (TPSA) is 21.7 Å². The number of piperidine rings is 1. The predicted octanol–water partition coefficient (Wildman–Crippen LogP) is 3.12. The van der Waals surface area contributed by atoms with E-state index in [0.29, 0.717) is 17.9 Å². The molecule has 3 atom stereocenters. The lowest BCUT2D eigenvalue weighted by atomic mass is 9.96. The standard InChI is InChI=1S/C16H23NO2/c1-12(2)19-17-10-13-8-9-14(11-17)16(13)18-15-6-4-3-5-7-15/h3-7,12-14,16H,8-11H2,1-2H3/t13-,14+,16-. The van der Waals surface area contributed by atoms with E-state index in [2.05, 4.69) is 31.0 Å². The first kappa shape index (κ1) is 12.9. The molecule has 1 aromatic rings. The average Bonchev–Trinajstić information content (AvgIpc) is 2.62. The first-order valence-corrected chi connectivity index (χ1v) is 7.36. The van der Waals surface area contributed by atoms with Crippen molar-refractivity contribution in [2.45, 2.75) is 38.9 Å². The lowest BCUT2D eigenvalue weighted by Gasteiger charge is -2.37. The number of ether oxygens (including phenoxy) is 1. The maximum absolute atomic E-state index is 6.21. The molecule has 1 heterocycles. The van der Waals surface area contributed by atoms with Crippen molar-refractivity contribution in [3.05, 3.63) is 30.3 Å². The second-order valence-electron chi connectivity index (χ2n) is 5.99. The van der Waals surface area contributed by atoms with E-state index in [9.17, 15) is 0 Å². The molecule has 1 saturated carbocycles. The molecular weight excluding hydrogens is 238 g/mol. The van der Waals surface area contributed by atoms with Crippen molar-refractivity contribution in [3.63, 3.8) is 0 Å². The summed E-state index contributed by atoms with van der Waals surface area (Å²) in [5.74, 6) is 2.22. The number of para-hydroxylation sites is 1. The second-order valence-corrected chi connectivity index (χ2v) is 5.99. The van der Waals surface area contributed by atoms with Crippen LogP contribution in [0.4, 0.5) is 0 Å². The van der Waals surface area contributed by atoms with Crippen LogP contribution in [-0.4, -0.2) is 30.4 Å². The molecule has 0 amide bonds. The number of benzene rings is 1. The molecule has 2 bridgehead atoms. The Morgan fingerprint density at radius 2 is 1.68 bits per heavy atom. The van der Waals surface area contributed by atoms with Gasteiger partial charge in [0, 0.05) is 24.9 Å². The van der Waals surface area contributed by atoms with Gasteiger partial charge in [0.15, 0.2) is 0 Å². The van der Waals surface area contributed by atoms with Gasteiger partial charge in [0.2, 0.25) is 0 Å². The van der Waals surface area contributed by atoms with E-state index < -0.39 is 0 Å². The van der Waals surface area contributed by atoms with Crippen LogP contribution in [0.1, 0.15) is 26.7 Å². The third-order valence-electron chi connectivity index (χ3n) is 4.09. The van der Waals surface area contributed by atoms with Gasteiger partial charge in [0.1, 0.15) is 11.9 Å². The van der Waals surface area contributed by atoms with E-state index in [1.54, 1.807) is 0 Å². The molecule has 3 rings (SSSR count). The number of hydrogen-bond acceptors (Lipinski definition) is 3. The Balaban J connectivity index is 1.63. The monoisotopic (exact) mass is 261 g/mol. The van der Waals surface area contributed by atoms with Gasteiger partial charge in [0.25, 0.3) is 0 Å². The number of nitrogens with zero attached hydrogens (tertiary/aromatic N) is 1. The SMILES string of the molecule is CC(C)ON1C[C@H]2CC[C@@H](C1)[C@@H]2Oc1ccccc1. The molecule has 0 spiro atoms. The molecule has 19 heavy (non-hydrogen) atoms. The molecule has 1 aliphatic carbocycles. The minimum atomic E-state index is 0.269. The van der Waals surface area contributed by atoms with Gasteiger partial charge in [-0.2, -0.15) is 5.06 Å². The largest absolute Gasteiger partial charge is 0.490 e. The molecular formula is C16H23NO2. The molecule has 0 aromatic heterocycles. The first-order chi connectivity index (χ1) is 9.22. The van der Waals surface area contributed by atoms with Crippen molar-refractivity contribution in [2.75, 3.05) is 13.1 Å². The molecule has 0 unspecified atom stereocenters. The van der Waals surface area contributed by atoms with E-state index in [1.165, 1.54) is 12.8 Å². The molecule has 1 aromatic carbocycles. The van der Waals surface area contributed by atoms with E-state index >= 15 is 0 Å². The van der Waals surface area contributed by atoms with Crippen LogP contribution in [0.25, 0.3) is 0 Å². The Hall–Kier alpha value is -1.06. The van der Waals surface area contributed by atoms with Gasteiger partial charge in [-0.1, -0.05) is 18.2 Å². The highest BCUT2D eigenvalue weighted by Gasteiger charge is 2.44. The van der Waals surface area contributed by atoms with Crippen LogP contribution in [0.3, 0.4) is 0 Å². The minimum absolute atomic E-state index is 0.269. The van der Waals surface area contributed by atoms with Crippen LogP contribution in [0, 0.1) is 11.8 Å². The highest BCUT2D eigenvalue weighted by atomic mass is 16.7. The summed E-state index contributed by atoms with van der Waals surface area (Å²) in [5.41, 5.74) is 0. The van der Waals surface area contributed by atoms with Crippen molar-refractivity contribution in [2.24, 2.45) is 11.8 Å². The Kier molecular flexibility index (Phi) is 3.76. The molecule has 0 radical (unpaired) electrons. The van der Waals surface area contributed by atoms with Crippen LogP contribution in [0.5, 0.6) is 5.75 Å². The number of hydroxylamine groups is 2. The van der Waals surface area contributed by atoms with E-state index in [4.69, 9.17) is 9.57 Å². The van der Waals surface area contributed by atoms with Crippen molar-refractivity contribution in [1.82, 2.24) is 5.06 Å². The maximum atomic E-state index is 6.21. The molecule has 2 aliphatic rings. The van der Waals surface area contributed by atoms with Crippen molar-refractivity contribution < 1.29 is 9.57 Å². The van der Waals surface area contributed by atoms with Crippen LogP contribution < -0.4 is 4.74 Å². The Morgan fingerprint density at radius 1 is 1.05 bits per heavy atom. The zero-order valence-electron chi connectivity index (χ0n) is 11.8. The molecule has 3 heteroatoms. The van der Waals surface area contributed by atoms with Crippen LogP contribution in [-0.2, 0) is 4.84 Å². The van der Waals surface area contributed by atoms with Gasteiger partial charge < -0.3 is 4.74 Å². The molecule has 104 valence electrons. The third kappa shape index (κ3) is 2.93. The summed E-state index contributed by atoms with van der Waals surface area (Å²) in [6, 6.07) is 10.2. The first-order valence-electron chi connectivity index (χ1n) is 7.36. The number of fused-ring (bicyclic) bond motifs is 2. The van der Waals surface area contributed by atoms with Gasteiger partial charge >= 0.3 is 0 Å². The van der Waals surface area contributed by atoms with Crippen LogP contribution >= 0.6 is 0 Å². The maximum Gasteiger partial charge on any atom is 0.119 e. The number of rotatable bonds is 4. The molecule has 0 N–H and O–H groups in total. The van der Waals surface area contributed by atoms with Crippen molar-refractivity contribution in [1.29, 1.82) is 0 Å². The van der Waals surface area contributed by atoms with Gasteiger partial charge in [-0.05, 0) is 38.8 Å². The zero-order chi connectivity index (χ0) is 13.2. The lowest BCUT2D eigenvalue weighted by Crippen LogP contribution is -2.47. The Labute approximate surface area is 115 Å². The smallest absolute Gasteiger partial charge is 0.119 e. The summed E-state index contributed by atoms with van der Waals surface area (Å²) in [5, 5.41) is 2.15. The second kappa shape index (κ2) is 5.51. The summed E-state index contributed by atoms with van der Waals surface area (Å²) in [6.45, 7) is 6.20. The summed E-state index contributed by atoms with van der Waals surface area (Å²) in [6.07, 6.45) is 3.17. The quantitative estimate of drug-likeness (QED) is 0.831. The highest BCUT2D eigenvalue weighted by Crippen LogP contribution is 2.39. The van der Waals surface area contributed by atoms with Crippen molar-refractivity contribution in [3.8, 4) is 5.75 Å². The predicted molar refractivity (Wildman–Crippen MR) is 74.9 cm³/mol. The molecule has 3 nitrogen and oxygen atoms in total. The van der Waals surface area contributed by atoms with Crippen LogP contribution in [0.15, 0.2) is 30.3 Å². The molecule has 1 saturated heterocycles. The van der Waals surface area contributed by atoms with E-state index in [1.807, 2.05) is 18.2 Å². The molecule has 1 aliphatic heterocycles. The van der Waals surface area contributed by atoms with E-state index in [-0.39, 0.29) is 6.10 Å². The fraction of sp³-hybridized carbons (Fsp3) is 0.625. The normalized spacial score (nSPS) is 30.8. The Bertz CT molecular complexity index is 392. The third-order valence-corrected chi connectivity index (χ3v) is 4.09. The molecule has 2 fully saturated rings. The Morgan fingerprint density at radius 3 is 2.26 bits per heavy atom.